The third kappa shape index (κ3) is 1.53. The van der Waals surface area contributed by atoms with Gasteiger partial charge in [0.1, 0.15) is 0 Å². The van der Waals surface area contributed by atoms with E-state index >= 15 is 0 Å². The molecule has 64 valence electrons. The molecule has 3 nitrogen and oxygen atoms in total. The van der Waals surface area contributed by atoms with Gasteiger partial charge in [-0.2, -0.15) is 0 Å². The molecule has 1 fully saturated rings. The van der Waals surface area contributed by atoms with Crippen LogP contribution < -0.4 is 5.32 Å². The quantitative estimate of drug-likeness (QED) is 0.589. The lowest BCUT2D eigenvalue weighted by Crippen LogP contribution is -2.41. The molecule has 0 unspecified atom stereocenters. The van der Waals surface area contributed by atoms with Crippen LogP contribution in [0, 0.1) is 0 Å². The lowest BCUT2D eigenvalue weighted by atomic mass is 10.2. The average molecular weight is 156 g/mol. The highest BCUT2D eigenvalue weighted by Crippen LogP contribution is 2.21. The molecule has 0 saturated carbocycles. The first-order valence-electron chi connectivity index (χ1n) is 4.10. The fourth-order valence-corrected chi connectivity index (χ4v) is 1.60. The first-order valence-corrected chi connectivity index (χ1v) is 4.10. The van der Waals surface area contributed by atoms with Crippen LogP contribution in [0.25, 0.3) is 0 Å². The number of hydrogen-bond acceptors (Lipinski definition) is 2. The van der Waals surface area contributed by atoms with Crippen molar-refractivity contribution < 1.29 is 4.79 Å². The Morgan fingerprint density at radius 3 is 2.55 bits per heavy atom. The van der Waals surface area contributed by atoms with E-state index in [1.807, 2.05) is 7.05 Å². The van der Waals surface area contributed by atoms with Crippen LogP contribution in [-0.4, -0.2) is 37.0 Å². The highest BCUT2D eigenvalue weighted by Gasteiger charge is 2.31. The minimum Gasteiger partial charge on any atom is -0.358 e. The third-order valence-electron chi connectivity index (χ3n) is 2.59. The van der Waals surface area contributed by atoms with Gasteiger partial charge in [-0.15, -0.1) is 0 Å². The lowest BCUT2D eigenvalue weighted by molar-refractivity contribution is -0.124. The van der Waals surface area contributed by atoms with Crippen LogP contribution in [-0.2, 0) is 4.79 Å². The van der Waals surface area contributed by atoms with Crippen molar-refractivity contribution in [3.63, 3.8) is 0 Å². The van der Waals surface area contributed by atoms with Gasteiger partial charge in [0.2, 0.25) is 5.91 Å². The molecule has 0 radical (unpaired) electrons. The molecule has 1 N–H and O–H groups in total. The number of likely N-dealkylation sites (tertiary alicyclic amines) is 1. The summed E-state index contributed by atoms with van der Waals surface area (Å²) in [6.07, 6.45) is 2.13. The topological polar surface area (TPSA) is 32.3 Å². The molecule has 1 heterocycles. The van der Waals surface area contributed by atoms with E-state index in [9.17, 15) is 4.79 Å². The van der Waals surface area contributed by atoms with E-state index in [0.29, 0.717) is 6.04 Å². The molecule has 1 amide bonds. The average Bonchev–Trinajstić information content (AvgIpc) is 2.32. The molecular formula is C8H16N2O. The van der Waals surface area contributed by atoms with Gasteiger partial charge in [0.25, 0.3) is 0 Å². The van der Waals surface area contributed by atoms with Gasteiger partial charge in [-0.05, 0) is 26.8 Å². The van der Waals surface area contributed by atoms with Crippen LogP contribution in [0.4, 0.5) is 0 Å². The summed E-state index contributed by atoms with van der Waals surface area (Å²) < 4.78 is 0. The van der Waals surface area contributed by atoms with Gasteiger partial charge < -0.3 is 5.32 Å². The Morgan fingerprint density at radius 2 is 2.18 bits per heavy atom. The zero-order valence-electron chi connectivity index (χ0n) is 7.42. The number of hydrogen-bond donors (Lipinski definition) is 1. The van der Waals surface area contributed by atoms with E-state index in [-0.39, 0.29) is 11.9 Å². The number of nitrogens with one attached hydrogen (secondary N) is 1. The van der Waals surface area contributed by atoms with Gasteiger partial charge in [0.15, 0.2) is 0 Å². The second kappa shape index (κ2) is 3.22. The Balaban J connectivity index is 2.54. The Bertz CT molecular complexity index is 158. The van der Waals surface area contributed by atoms with Crippen molar-refractivity contribution in [1.82, 2.24) is 10.2 Å². The van der Waals surface area contributed by atoms with E-state index in [0.717, 1.165) is 12.8 Å². The largest absolute Gasteiger partial charge is 0.358 e. The maximum absolute atomic E-state index is 11.2. The van der Waals surface area contributed by atoms with Crippen LogP contribution in [0.2, 0.25) is 0 Å². The Hall–Kier alpha value is -0.570. The summed E-state index contributed by atoms with van der Waals surface area (Å²) in [4.78, 5) is 13.4. The van der Waals surface area contributed by atoms with Crippen molar-refractivity contribution in [2.45, 2.75) is 31.8 Å². The van der Waals surface area contributed by atoms with Gasteiger partial charge >= 0.3 is 0 Å². The van der Waals surface area contributed by atoms with E-state index in [2.05, 4.69) is 17.1 Å². The van der Waals surface area contributed by atoms with Gasteiger partial charge in [-0.25, -0.2) is 0 Å². The summed E-state index contributed by atoms with van der Waals surface area (Å²) in [5.41, 5.74) is 0. The molecule has 0 aromatic rings. The fraction of sp³-hybridized carbons (Fsp3) is 0.875. The van der Waals surface area contributed by atoms with Gasteiger partial charge in [-0.1, -0.05) is 0 Å². The predicted molar refractivity (Wildman–Crippen MR) is 44.3 cm³/mol. The standard InChI is InChI=1S/C8H16N2O/c1-6-4-5-7(10(6)3)8(11)9-2/h6-7H,4-5H2,1-3H3,(H,9,11)/t6-,7-/m0/s1. The summed E-state index contributed by atoms with van der Waals surface area (Å²) in [5, 5.41) is 2.68. The second-order valence-electron chi connectivity index (χ2n) is 3.22. The smallest absolute Gasteiger partial charge is 0.237 e. The summed E-state index contributed by atoms with van der Waals surface area (Å²) >= 11 is 0. The van der Waals surface area contributed by atoms with Crippen LogP contribution >= 0.6 is 0 Å². The molecule has 0 aromatic carbocycles. The first kappa shape index (κ1) is 8.53. The first-order chi connectivity index (χ1) is 5.16. The molecular weight excluding hydrogens is 140 g/mol. The van der Waals surface area contributed by atoms with Crippen molar-refractivity contribution in [2.75, 3.05) is 14.1 Å². The molecule has 0 aliphatic carbocycles. The SMILES string of the molecule is CNC(=O)[C@@H]1CC[C@H](C)N1C. The highest BCUT2D eigenvalue weighted by atomic mass is 16.2. The van der Waals surface area contributed by atoms with Crippen LogP contribution in [0.1, 0.15) is 19.8 Å². The Labute approximate surface area is 67.8 Å². The maximum atomic E-state index is 11.2. The third-order valence-corrected chi connectivity index (χ3v) is 2.59. The fourth-order valence-electron chi connectivity index (χ4n) is 1.60. The van der Waals surface area contributed by atoms with E-state index < -0.39 is 0 Å². The minimum absolute atomic E-state index is 0.106. The van der Waals surface area contributed by atoms with Crippen molar-refractivity contribution >= 4 is 5.91 Å². The molecule has 0 spiro atoms. The van der Waals surface area contributed by atoms with Crippen LogP contribution in [0.5, 0.6) is 0 Å². The minimum atomic E-state index is 0.106. The molecule has 0 bridgehead atoms. The summed E-state index contributed by atoms with van der Waals surface area (Å²) in [7, 11) is 3.71. The number of carbonyl (C=O) groups is 1. The van der Waals surface area contributed by atoms with E-state index in [4.69, 9.17) is 0 Å². The highest BCUT2D eigenvalue weighted by molar-refractivity contribution is 5.81. The maximum Gasteiger partial charge on any atom is 0.237 e. The predicted octanol–water partition coefficient (Wildman–Crippen LogP) is 0.215. The van der Waals surface area contributed by atoms with E-state index in [1.165, 1.54) is 0 Å². The molecule has 1 saturated heterocycles. The molecule has 3 heteroatoms. The Kier molecular flexibility index (Phi) is 2.49. The molecule has 1 aliphatic rings. The zero-order valence-corrected chi connectivity index (χ0v) is 7.42. The summed E-state index contributed by atoms with van der Waals surface area (Å²) in [6.45, 7) is 2.16. The van der Waals surface area contributed by atoms with Gasteiger partial charge in [-0.3, -0.25) is 9.69 Å². The van der Waals surface area contributed by atoms with Crippen molar-refractivity contribution in [2.24, 2.45) is 0 Å². The van der Waals surface area contributed by atoms with Crippen molar-refractivity contribution in [3.8, 4) is 0 Å². The number of likely N-dealkylation sites (N-methyl/N-ethyl adjacent to an activating group) is 2. The van der Waals surface area contributed by atoms with Crippen molar-refractivity contribution in [3.05, 3.63) is 0 Å². The molecule has 11 heavy (non-hydrogen) atoms. The monoisotopic (exact) mass is 156 g/mol. The number of carbonyl (C=O) groups excluding carboxylic acids is 1. The molecule has 1 aliphatic heterocycles. The van der Waals surface area contributed by atoms with Gasteiger partial charge in [0, 0.05) is 13.1 Å². The zero-order chi connectivity index (χ0) is 8.43. The van der Waals surface area contributed by atoms with Gasteiger partial charge in [0.05, 0.1) is 6.04 Å². The molecule has 1 rings (SSSR count). The number of rotatable bonds is 1. The van der Waals surface area contributed by atoms with E-state index in [1.54, 1.807) is 7.05 Å². The molecule has 2 atom stereocenters. The molecule has 0 aromatic heterocycles. The van der Waals surface area contributed by atoms with Crippen LogP contribution in [0.15, 0.2) is 0 Å². The Morgan fingerprint density at radius 1 is 1.55 bits per heavy atom. The number of nitrogens with zero attached hydrogens (tertiary/aromatic N) is 1. The number of amides is 1. The lowest BCUT2D eigenvalue weighted by Gasteiger charge is -2.21. The summed E-state index contributed by atoms with van der Waals surface area (Å²) in [6, 6.07) is 0.660. The van der Waals surface area contributed by atoms with Crippen LogP contribution in [0.3, 0.4) is 0 Å². The van der Waals surface area contributed by atoms with Crippen molar-refractivity contribution in [1.29, 1.82) is 0 Å². The summed E-state index contributed by atoms with van der Waals surface area (Å²) in [5.74, 6) is 0.150. The second-order valence-corrected chi connectivity index (χ2v) is 3.22. The normalized spacial score (nSPS) is 32.3.